The number of carbonyl (C=O) groups excluding carboxylic acids is 2. The van der Waals surface area contributed by atoms with Gasteiger partial charge in [0, 0.05) is 6.07 Å². The van der Waals surface area contributed by atoms with Crippen molar-refractivity contribution in [2.24, 2.45) is 0 Å². The summed E-state index contributed by atoms with van der Waals surface area (Å²) in [5, 5.41) is 16.4. The first-order chi connectivity index (χ1) is 10.8. The summed E-state index contributed by atoms with van der Waals surface area (Å²) in [6.07, 6.45) is 0. The van der Waals surface area contributed by atoms with Crippen molar-refractivity contribution in [3.63, 3.8) is 0 Å². The molecule has 1 aromatic heterocycles. The number of esters is 2. The van der Waals surface area contributed by atoms with Crippen LogP contribution in [0.1, 0.15) is 13.8 Å². The fraction of sp³-hybridized carbons (Fsp3) is 0.462. The van der Waals surface area contributed by atoms with Gasteiger partial charge in [-0.2, -0.15) is 0 Å². The Morgan fingerprint density at radius 3 is 2.13 bits per heavy atom. The fourth-order valence-electron chi connectivity index (χ4n) is 1.68. The molecule has 0 aliphatic carbocycles. The fourth-order valence-corrected chi connectivity index (χ4v) is 1.68. The molecular formula is C13H18N4O6. The number of rotatable bonds is 7. The predicted octanol–water partition coefficient (Wildman–Crippen LogP) is 0.937. The van der Waals surface area contributed by atoms with Gasteiger partial charge in [0.2, 0.25) is 5.82 Å². The Bertz CT molecular complexity index is 606. The van der Waals surface area contributed by atoms with Crippen molar-refractivity contribution in [1.82, 2.24) is 4.98 Å². The van der Waals surface area contributed by atoms with E-state index in [-0.39, 0.29) is 17.3 Å². The molecule has 1 heterocycles. The van der Waals surface area contributed by atoms with Crippen molar-refractivity contribution < 1.29 is 24.0 Å². The lowest BCUT2D eigenvalue weighted by atomic mass is 10.3. The molecule has 2 unspecified atom stereocenters. The molecule has 0 aromatic carbocycles. The molecule has 23 heavy (non-hydrogen) atoms. The number of carbonyl (C=O) groups is 2. The minimum atomic E-state index is -0.834. The average Bonchev–Trinajstić information content (AvgIpc) is 2.52. The molecule has 1 aromatic rings. The SMILES string of the molecule is COC(=O)C(C)Nc1ccc([N+](=O)[O-])c(NC(C)C(=O)OC)n1. The van der Waals surface area contributed by atoms with E-state index in [1.165, 1.54) is 33.3 Å². The van der Waals surface area contributed by atoms with Crippen molar-refractivity contribution >= 4 is 29.3 Å². The first-order valence-corrected chi connectivity index (χ1v) is 6.64. The van der Waals surface area contributed by atoms with Crippen molar-refractivity contribution in [1.29, 1.82) is 0 Å². The topological polar surface area (TPSA) is 133 Å². The van der Waals surface area contributed by atoms with Gasteiger partial charge in [0.1, 0.15) is 17.9 Å². The Labute approximate surface area is 132 Å². The molecule has 126 valence electrons. The molecule has 0 saturated carbocycles. The molecule has 0 radical (unpaired) electrons. The van der Waals surface area contributed by atoms with Crippen LogP contribution in [0.4, 0.5) is 17.3 Å². The number of ether oxygens (including phenoxy) is 2. The summed E-state index contributed by atoms with van der Waals surface area (Å²) in [5.74, 6) is -1.01. The van der Waals surface area contributed by atoms with Gasteiger partial charge in [0.25, 0.3) is 0 Å². The van der Waals surface area contributed by atoms with Gasteiger partial charge < -0.3 is 20.1 Å². The maximum absolute atomic E-state index is 11.4. The van der Waals surface area contributed by atoms with Gasteiger partial charge in [-0.3, -0.25) is 10.1 Å². The lowest BCUT2D eigenvalue weighted by Crippen LogP contribution is -2.29. The highest BCUT2D eigenvalue weighted by Crippen LogP contribution is 2.25. The van der Waals surface area contributed by atoms with E-state index in [0.29, 0.717) is 0 Å². The second kappa shape index (κ2) is 7.92. The third kappa shape index (κ3) is 4.80. The van der Waals surface area contributed by atoms with Crippen LogP contribution in [0.2, 0.25) is 0 Å². The second-order valence-corrected chi connectivity index (χ2v) is 4.60. The molecule has 2 atom stereocenters. The van der Waals surface area contributed by atoms with E-state index in [1.54, 1.807) is 6.92 Å². The van der Waals surface area contributed by atoms with Crippen molar-refractivity contribution in [2.75, 3.05) is 24.9 Å². The van der Waals surface area contributed by atoms with Gasteiger partial charge in [0.15, 0.2) is 0 Å². The number of nitro groups is 1. The van der Waals surface area contributed by atoms with E-state index >= 15 is 0 Å². The normalized spacial score (nSPS) is 12.7. The molecule has 0 saturated heterocycles. The number of nitrogens with zero attached hydrogens (tertiary/aromatic N) is 2. The Hall–Kier alpha value is -2.91. The zero-order valence-electron chi connectivity index (χ0n) is 13.2. The minimum Gasteiger partial charge on any atom is -0.467 e. The van der Waals surface area contributed by atoms with Crippen molar-refractivity contribution in [2.45, 2.75) is 25.9 Å². The molecule has 0 aliphatic heterocycles. The summed E-state index contributed by atoms with van der Waals surface area (Å²) in [6.45, 7) is 3.04. The summed E-state index contributed by atoms with van der Waals surface area (Å²) >= 11 is 0. The van der Waals surface area contributed by atoms with Crippen LogP contribution in [0, 0.1) is 10.1 Å². The number of methoxy groups -OCH3 is 2. The van der Waals surface area contributed by atoms with Crippen LogP contribution in [0.3, 0.4) is 0 Å². The smallest absolute Gasteiger partial charge is 0.328 e. The van der Waals surface area contributed by atoms with Gasteiger partial charge in [-0.1, -0.05) is 0 Å². The number of hydrogen-bond acceptors (Lipinski definition) is 9. The standard InChI is InChI=1S/C13H18N4O6/c1-7(12(18)22-3)14-10-6-5-9(17(20)21)11(16-10)15-8(2)13(19)23-4/h5-8H,1-4H3,(H2,14,15,16). The summed E-state index contributed by atoms with van der Waals surface area (Å²) in [7, 11) is 2.45. The van der Waals surface area contributed by atoms with Gasteiger partial charge in [-0.15, -0.1) is 0 Å². The third-order valence-electron chi connectivity index (χ3n) is 2.90. The first kappa shape index (κ1) is 18.1. The number of pyridine rings is 1. The largest absolute Gasteiger partial charge is 0.467 e. The van der Waals surface area contributed by atoms with E-state index in [9.17, 15) is 19.7 Å². The Morgan fingerprint density at radius 1 is 1.13 bits per heavy atom. The van der Waals surface area contributed by atoms with Gasteiger partial charge in [0.05, 0.1) is 19.1 Å². The average molecular weight is 326 g/mol. The van der Waals surface area contributed by atoms with E-state index in [2.05, 4.69) is 25.1 Å². The Morgan fingerprint density at radius 2 is 1.65 bits per heavy atom. The minimum absolute atomic E-state index is 0.116. The zero-order chi connectivity index (χ0) is 17.6. The third-order valence-corrected chi connectivity index (χ3v) is 2.90. The number of hydrogen-bond donors (Lipinski definition) is 2. The maximum Gasteiger partial charge on any atom is 0.328 e. The highest BCUT2D eigenvalue weighted by Gasteiger charge is 2.22. The quantitative estimate of drug-likeness (QED) is 0.426. The summed E-state index contributed by atoms with van der Waals surface area (Å²) in [4.78, 5) is 37.3. The van der Waals surface area contributed by atoms with Crippen LogP contribution in [0.5, 0.6) is 0 Å². The molecule has 0 aliphatic rings. The Kier molecular flexibility index (Phi) is 6.24. The lowest BCUT2D eigenvalue weighted by Gasteiger charge is -2.15. The van der Waals surface area contributed by atoms with Gasteiger partial charge in [-0.05, 0) is 19.9 Å². The number of nitrogens with one attached hydrogen (secondary N) is 2. The summed E-state index contributed by atoms with van der Waals surface area (Å²) < 4.78 is 9.12. The molecule has 10 heteroatoms. The first-order valence-electron chi connectivity index (χ1n) is 6.64. The molecule has 0 fully saturated rings. The highest BCUT2D eigenvalue weighted by molar-refractivity contribution is 5.80. The van der Waals surface area contributed by atoms with E-state index in [0.717, 1.165) is 0 Å². The molecule has 0 amide bonds. The van der Waals surface area contributed by atoms with Crippen LogP contribution < -0.4 is 10.6 Å². The predicted molar refractivity (Wildman–Crippen MR) is 81.1 cm³/mol. The molecule has 0 spiro atoms. The zero-order valence-corrected chi connectivity index (χ0v) is 13.2. The van der Waals surface area contributed by atoms with Crippen LogP contribution in [-0.4, -0.2) is 48.1 Å². The lowest BCUT2D eigenvalue weighted by molar-refractivity contribution is -0.384. The monoisotopic (exact) mass is 326 g/mol. The van der Waals surface area contributed by atoms with E-state index in [1.807, 2.05) is 0 Å². The highest BCUT2D eigenvalue weighted by atomic mass is 16.6. The van der Waals surface area contributed by atoms with E-state index in [4.69, 9.17) is 0 Å². The van der Waals surface area contributed by atoms with E-state index < -0.39 is 28.9 Å². The van der Waals surface area contributed by atoms with Crippen LogP contribution in [0.15, 0.2) is 12.1 Å². The van der Waals surface area contributed by atoms with Crippen LogP contribution >= 0.6 is 0 Å². The van der Waals surface area contributed by atoms with Crippen molar-refractivity contribution in [3.05, 3.63) is 22.2 Å². The second-order valence-electron chi connectivity index (χ2n) is 4.60. The molecule has 0 bridgehead atoms. The number of anilines is 2. The molecule has 1 rings (SSSR count). The summed E-state index contributed by atoms with van der Waals surface area (Å²) in [6, 6.07) is 1.04. The molecule has 2 N–H and O–H groups in total. The molecule has 10 nitrogen and oxygen atoms in total. The van der Waals surface area contributed by atoms with Crippen molar-refractivity contribution in [3.8, 4) is 0 Å². The molecular weight excluding hydrogens is 308 g/mol. The van der Waals surface area contributed by atoms with Crippen LogP contribution in [0.25, 0.3) is 0 Å². The number of aromatic nitrogens is 1. The summed E-state index contributed by atoms with van der Waals surface area (Å²) in [5.41, 5.74) is -0.308. The maximum atomic E-state index is 11.4. The van der Waals surface area contributed by atoms with Crippen LogP contribution in [-0.2, 0) is 19.1 Å². The van der Waals surface area contributed by atoms with Gasteiger partial charge in [-0.25, -0.2) is 14.6 Å². The van der Waals surface area contributed by atoms with Gasteiger partial charge >= 0.3 is 17.6 Å². The Balaban J connectivity index is 3.05.